The quantitative estimate of drug-likeness (QED) is 0.743. The largest absolute Gasteiger partial charge is 0.309 e. The van der Waals surface area contributed by atoms with Crippen LogP contribution in [0.15, 0.2) is 0 Å². The van der Waals surface area contributed by atoms with E-state index in [2.05, 4.69) is 37.9 Å². The molecule has 17 heavy (non-hydrogen) atoms. The number of nitrogens with zero attached hydrogens (tertiary/aromatic N) is 2. The molecular formula is C15H36N2. The lowest BCUT2D eigenvalue weighted by molar-refractivity contribution is 0.220. The van der Waals surface area contributed by atoms with Crippen molar-refractivity contribution in [3.63, 3.8) is 0 Å². The molecule has 1 fully saturated rings. The van der Waals surface area contributed by atoms with Gasteiger partial charge in [-0.25, -0.2) is 0 Å². The third kappa shape index (κ3) is 7.77. The van der Waals surface area contributed by atoms with E-state index in [0.29, 0.717) is 5.41 Å². The highest BCUT2D eigenvalue weighted by Crippen LogP contribution is 2.36. The normalized spacial score (nSPS) is 23.8. The lowest BCUT2D eigenvalue weighted by atomic mass is 9.81. The summed E-state index contributed by atoms with van der Waals surface area (Å²) in [5.41, 5.74) is 0.624. The van der Waals surface area contributed by atoms with Crippen molar-refractivity contribution in [2.45, 2.75) is 53.9 Å². The Morgan fingerprint density at radius 3 is 1.94 bits per heavy atom. The highest BCUT2D eigenvalue weighted by Gasteiger charge is 2.34. The minimum Gasteiger partial charge on any atom is -0.309 e. The fraction of sp³-hybridized carbons (Fsp3) is 1.00. The van der Waals surface area contributed by atoms with E-state index in [0.717, 1.165) is 0 Å². The van der Waals surface area contributed by atoms with E-state index in [4.69, 9.17) is 0 Å². The molecule has 0 spiro atoms. The van der Waals surface area contributed by atoms with Gasteiger partial charge in [0.05, 0.1) is 0 Å². The summed E-state index contributed by atoms with van der Waals surface area (Å²) in [6.45, 7) is 14.2. The molecule has 0 amide bonds. The first-order chi connectivity index (χ1) is 8.08. The van der Waals surface area contributed by atoms with E-state index < -0.39 is 0 Å². The Balaban J connectivity index is 0. The average Bonchev–Trinajstić information content (AvgIpc) is 2.74. The molecular weight excluding hydrogens is 208 g/mol. The summed E-state index contributed by atoms with van der Waals surface area (Å²) in [5.74, 6) is 0. The maximum absolute atomic E-state index is 2.47. The molecule has 1 rings (SSSR count). The zero-order chi connectivity index (χ0) is 13.9. The Bertz CT molecular complexity index is 157. The molecule has 1 atom stereocenters. The maximum Gasteiger partial charge on any atom is 0.00358 e. The standard InChI is InChI=1S/C11H24N2.2C2H6/c1-5-11(6-8-12(2)3)7-9-13(4)10-11;2*1-2/h5-10H2,1-4H3;2*1-2H3. The second-order valence-electron chi connectivity index (χ2n) is 4.89. The van der Waals surface area contributed by atoms with Gasteiger partial charge in [0.25, 0.3) is 0 Å². The van der Waals surface area contributed by atoms with E-state index in [9.17, 15) is 0 Å². The zero-order valence-corrected chi connectivity index (χ0v) is 13.6. The van der Waals surface area contributed by atoms with Crippen LogP contribution in [0.5, 0.6) is 0 Å². The maximum atomic E-state index is 2.47. The lowest BCUT2D eigenvalue weighted by Crippen LogP contribution is -2.28. The monoisotopic (exact) mass is 244 g/mol. The van der Waals surface area contributed by atoms with Crippen molar-refractivity contribution in [2.24, 2.45) is 5.41 Å². The Kier molecular flexibility index (Phi) is 12.5. The number of hydrogen-bond acceptors (Lipinski definition) is 2. The topological polar surface area (TPSA) is 6.48 Å². The molecule has 0 aromatic carbocycles. The Hall–Kier alpha value is -0.0800. The van der Waals surface area contributed by atoms with Gasteiger partial charge in [-0.1, -0.05) is 34.6 Å². The Morgan fingerprint density at radius 1 is 1.12 bits per heavy atom. The molecule has 1 saturated heterocycles. The molecule has 106 valence electrons. The van der Waals surface area contributed by atoms with E-state index in [-0.39, 0.29) is 0 Å². The fourth-order valence-corrected chi connectivity index (χ4v) is 2.29. The molecule has 2 heteroatoms. The van der Waals surface area contributed by atoms with E-state index in [1.165, 1.54) is 38.9 Å². The molecule has 0 radical (unpaired) electrons. The van der Waals surface area contributed by atoms with Gasteiger partial charge in [-0.15, -0.1) is 0 Å². The van der Waals surface area contributed by atoms with E-state index in [1.54, 1.807) is 0 Å². The van der Waals surface area contributed by atoms with E-state index in [1.807, 2.05) is 27.7 Å². The minimum atomic E-state index is 0.624. The van der Waals surface area contributed by atoms with Crippen molar-refractivity contribution in [2.75, 3.05) is 40.8 Å². The van der Waals surface area contributed by atoms with Crippen molar-refractivity contribution in [1.29, 1.82) is 0 Å². The molecule has 1 heterocycles. The van der Waals surface area contributed by atoms with Crippen molar-refractivity contribution in [1.82, 2.24) is 9.80 Å². The number of likely N-dealkylation sites (tertiary alicyclic amines) is 1. The molecule has 0 bridgehead atoms. The van der Waals surface area contributed by atoms with Gasteiger partial charge >= 0.3 is 0 Å². The van der Waals surface area contributed by atoms with Crippen molar-refractivity contribution in [3.8, 4) is 0 Å². The van der Waals surface area contributed by atoms with Gasteiger partial charge in [-0.05, 0) is 58.9 Å². The highest BCUT2D eigenvalue weighted by atomic mass is 15.1. The average molecular weight is 244 g/mol. The first-order valence-electron chi connectivity index (χ1n) is 7.41. The van der Waals surface area contributed by atoms with Crippen LogP contribution < -0.4 is 0 Å². The van der Waals surface area contributed by atoms with Crippen LogP contribution in [-0.4, -0.2) is 50.6 Å². The first-order valence-corrected chi connectivity index (χ1v) is 7.41. The summed E-state index contributed by atoms with van der Waals surface area (Å²) in [4.78, 5) is 4.77. The Morgan fingerprint density at radius 2 is 1.65 bits per heavy atom. The number of rotatable bonds is 4. The second-order valence-corrected chi connectivity index (χ2v) is 4.89. The van der Waals surface area contributed by atoms with Gasteiger partial charge in [0.15, 0.2) is 0 Å². The van der Waals surface area contributed by atoms with Gasteiger partial charge in [0, 0.05) is 6.54 Å². The molecule has 0 aromatic rings. The summed E-state index contributed by atoms with van der Waals surface area (Å²) in [6.07, 6.45) is 4.10. The van der Waals surface area contributed by atoms with Gasteiger partial charge in [-0.3, -0.25) is 0 Å². The van der Waals surface area contributed by atoms with Crippen molar-refractivity contribution < 1.29 is 0 Å². The van der Waals surface area contributed by atoms with Crippen LogP contribution in [0.25, 0.3) is 0 Å². The smallest absolute Gasteiger partial charge is 0.00358 e. The predicted octanol–water partition coefficient (Wildman–Crippen LogP) is 3.72. The third-order valence-electron chi connectivity index (χ3n) is 3.47. The zero-order valence-electron chi connectivity index (χ0n) is 13.6. The summed E-state index contributed by atoms with van der Waals surface area (Å²) < 4.78 is 0. The highest BCUT2D eigenvalue weighted by molar-refractivity contribution is 4.87. The van der Waals surface area contributed by atoms with Crippen molar-refractivity contribution >= 4 is 0 Å². The Labute approximate surface area is 110 Å². The molecule has 2 nitrogen and oxygen atoms in total. The molecule has 0 aromatic heterocycles. The van der Waals surface area contributed by atoms with Crippen LogP contribution in [0.1, 0.15) is 53.9 Å². The summed E-state index contributed by atoms with van der Waals surface area (Å²) in [5, 5.41) is 0. The lowest BCUT2D eigenvalue weighted by Gasteiger charge is -2.29. The van der Waals surface area contributed by atoms with Crippen LogP contribution in [0.4, 0.5) is 0 Å². The van der Waals surface area contributed by atoms with Crippen LogP contribution >= 0.6 is 0 Å². The molecule has 0 N–H and O–H groups in total. The van der Waals surface area contributed by atoms with Gasteiger partial charge < -0.3 is 9.80 Å². The van der Waals surface area contributed by atoms with Gasteiger partial charge in [-0.2, -0.15) is 0 Å². The predicted molar refractivity (Wildman–Crippen MR) is 80.7 cm³/mol. The molecule has 0 saturated carbocycles. The number of hydrogen-bond donors (Lipinski definition) is 0. The molecule has 0 aliphatic carbocycles. The van der Waals surface area contributed by atoms with Crippen LogP contribution in [-0.2, 0) is 0 Å². The van der Waals surface area contributed by atoms with Crippen LogP contribution in [0.3, 0.4) is 0 Å². The minimum absolute atomic E-state index is 0.624. The first kappa shape index (κ1) is 19.3. The van der Waals surface area contributed by atoms with Crippen molar-refractivity contribution in [3.05, 3.63) is 0 Å². The van der Waals surface area contributed by atoms with Crippen LogP contribution in [0.2, 0.25) is 0 Å². The SMILES string of the molecule is CC.CC.CCC1(CCN(C)C)CCN(C)C1. The molecule has 1 aliphatic heterocycles. The summed E-state index contributed by atoms with van der Waals surface area (Å²) >= 11 is 0. The second kappa shape index (κ2) is 11.0. The van der Waals surface area contributed by atoms with E-state index >= 15 is 0 Å². The summed E-state index contributed by atoms with van der Waals surface area (Å²) in [6, 6.07) is 0. The third-order valence-corrected chi connectivity index (χ3v) is 3.47. The fourth-order valence-electron chi connectivity index (χ4n) is 2.29. The van der Waals surface area contributed by atoms with Crippen LogP contribution in [0, 0.1) is 5.41 Å². The van der Waals surface area contributed by atoms with Gasteiger partial charge in [0.1, 0.15) is 0 Å². The molecule has 1 unspecified atom stereocenters. The van der Waals surface area contributed by atoms with Gasteiger partial charge in [0.2, 0.25) is 0 Å². The molecule has 1 aliphatic rings. The summed E-state index contributed by atoms with van der Waals surface area (Å²) in [7, 11) is 6.58.